The molecule has 200 valence electrons. The summed E-state index contributed by atoms with van der Waals surface area (Å²) in [6.07, 6.45) is 4.66. The van der Waals surface area contributed by atoms with Gasteiger partial charge in [0, 0.05) is 13.0 Å². The Kier molecular flexibility index (Phi) is 7.42. The van der Waals surface area contributed by atoms with E-state index in [1.165, 1.54) is 0 Å². The molecule has 1 heterocycles. The Labute approximate surface area is 225 Å². The van der Waals surface area contributed by atoms with Crippen molar-refractivity contribution in [2.24, 2.45) is 10.8 Å². The Morgan fingerprint density at radius 3 is 2.03 bits per heavy atom. The summed E-state index contributed by atoms with van der Waals surface area (Å²) in [5.41, 5.74) is 2.35. The summed E-state index contributed by atoms with van der Waals surface area (Å²) in [7, 11) is 0. The minimum Gasteiger partial charge on any atom is -0.460 e. The zero-order valence-corrected chi connectivity index (χ0v) is 22.4. The molecular formula is C32H37NO5. The van der Waals surface area contributed by atoms with Crippen molar-refractivity contribution in [3.63, 3.8) is 0 Å². The van der Waals surface area contributed by atoms with Crippen LogP contribution in [0.15, 0.2) is 71.8 Å². The molecule has 1 saturated heterocycles. The van der Waals surface area contributed by atoms with Crippen molar-refractivity contribution < 1.29 is 23.9 Å². The molecule has 0 N–H and O–H groups in total. The zero-order valence-electron chi connectivity index (χ0n) is 22.4. The van der Waals surface area contributed by atoms with E-state index >= 15 is 0 Å². The predicted molar refractivity (Wildman–Crippen MR) is 144 cm³/mol. The van der Waals surface area contributed by atoms with Crippen LogP contribution in [0.3, 0.4) is 0 Å². The molecule has 2 atom stereocenters. The normalized spacial score (nSPS) is 24.3. The monoisotopic (exact) mass is 515 g/mol. The van der Waals surface area contributed by atoms with Crippen LogP contribution in [0, 0.1) is 10.8 Å². The number of amides is 1. The number of carbonyl (C=O) groups excluding carboxylic acids is 3. The van der Waals surface area contributed by atoms with Crippen LogP contribution in [0.2, 0.25) is 0 Å². The maximum atomic E-state index is 13.9. The summed E-state index contributed by atoms with van der Waals surface area (Å²) >= 11 is 0. The lowest BCUT2D eigenvalue weighted by Crippen LogP contribution is -2.42. The van der Waals surface area contributed by atoms with Crippen molar-refractivity contribution in [1.29, 1.82) is 0 Å². The van der Waals surface area contributed by atoms with E-state index in [4.69, 9.17) is 9.47 Å². The van der Waals surface area contributed by atoms with E-state index < -0.39 is 17.4 Å². The Hall–Kier alpha value is -3.41. The Bertz CT molecular complexity index is 1170. The maximum absolute atomic E-state index is 13.9. The summed E-state index contributed by atoms with van der Waals surface area (Å²) in [5, 5.41) is 0. The van der Waals surface area contributed by atoms with Crippen LogP contribution in [0.5, 0.6) is 0 Å². The first kappa shape index (κ1) is 26.2. The third-order valence-corrected chi connectivity index (χ3v) is 9.00. The van der Waals surface area contributed by atoms with Gasteiger partial charge < -0.3 is 14.4 Å². The number of esters is 2. The lowest BCUT2D eigenvalue weighted by Gasteiger charge is -2.42. The Balaban J connectivity index is 1.46. The van der Waals surface area contributed by atoms with Gasteiger partial charge in [0.05, 0.1) is 6.04 Å². The van der Waals surface area contributed by atoms with Crippen LogP contribution < -0.4 is 0 Å². The fraction of sp³-hybridized carbons (Fsp3) is 0.469. The second kappa shape index (κ2) is 10.8. The van der Waals surface area contributed by atoms with Gasteiger partial charge in [0.1, 0.15) is 13.2 Å². The van der Waals surface area contributed by atoms with Crippen molar-refractivity contribution in [3.05, 3.63) is 82.9 Å². The summed E-state index contributed by atoms with van der Waals surface area (Å²) in [4.78, 5) is 42.4. The fourth-order valence-corrected chi connectivity index (χ4v) is 6.86. The van der Waals surface area contributed by atoms with Gasteiger partial charge in [0.15, 0.2) is 5.41 Å². The van der Waals surface area contributed by atoms with Gasteiger partial charge in [-0.25, -0.2) is 0 Å². The van der Waals surface area contributed by atoms with Gasteiger partial charge in [-0.2, -0.15) is 0 Å². The second-order valence-electron chi connectivity index (χ2n) is 11.1. The first-order valence-electron chi connectivity index (χ1n) is 13.8. The average molecular weight is 516 g/mol. The summed E-state index contributed by atoms with van der Waals surface area (Å²) < 4.78 is 11.7. The zero-order chi connectivity index (χ0) is 26.8. The standard InChI is InChI=1S/C32H37NO5/c1-3-31-17-16-27(33-18-10-15-28(33)34)23(2)26(31)19-32(22-31,29(35)37-20-24-11-6-4-7-12-24)30(36)38-21-25-13-8-5-9-14-25/h4-9,11-14,27H,3,10,15-22H2,1-2H3/t27-,31-/m0/s1. The first-order valence-corrected chi connectivity index (χ1v) is 13.8. The average Bonchev–Trinajstić information content (AvgIpc) is 3.54. The number of nitrogens with zero attached hydrogens (tertiary/aromatic N) is 1. The molecule has 38 heavy (non-hydrogen) atoms. The summed E-state index contributed by atoms with van der Waals surface area (Å²) in [5.74, 6) is -0.834. The van der Waals surface area contributed by atoms with E-state index in [2.05, 4.69) is 13.8 Å². The van der Waals surface area contributed by atoms with Gasteiger partial charge in [-0.05, 0) is 62.0 Å². The molecule has 1 amide bonds. The van der Waals surface area contributed by atoms with Gasteiger partial charge in [0.25, 0.3) is 0 Å². The van der Waals surface area contributed by atoms with Gasteiger partial charge in [-0.15, -0.1) is 0 Å². The molecule has 1 aliphatic heterocycles. The molecular weight excluding hydrogens is 478 g/mol. The van der Waals surface area contributed by atoms with Crippen molar-refractivity contribution in [2.45, 2.75) is 78.0 Å². The van der Waals surface area contributed by atoms with Crippen LogP contribution in [0.25, 0.3) is 0 Å². The highest BCUT2D eigenvalue weighted by Gasteiger charge is 2.62. The number of carbonyl (C=O) groups is 3. The first-order chi connectivity index (χ1) is 18.4. The largest absolute Gasteiger partial charge is 0.460 e. The number of hydrogen-bond acceptors (Lipinski definition) is 5. The van der Waals surface area contributed by atoms with Crippen LogP contribution in [0.4, 0.5) is 0 Å². The van der Waals surface area contributed by atoms with Gasteiger partial charge in [-0.3, -0.25) is 14.4 Å². The van der Waals surface area contributed by atoms with Crippen LogP contribution in [-0.4, -0.2) is 35.3 Å². The van der Waals surface area contributed by atoms with E-state index in [-0.39, 0.29) is 37.0 Å². The third-order valence-electron chi connectivity index (χ3n) is 9.00. The summed E-state index contributed by atoms with van der Waals surface area (Å²) in [6, 6.07) is 19.1. The number of fused-ring (bicyclic) bond motifs is 1. The molecule has 5 rings (SSSR count). The van der Waals surface area contributed by atoms with Crippen LogP contribution in [0.1, 0.15) is 69.9 Å². The molecule has 3 aliphatic rings. The van der Waals surface area contributed by atoms with E-state index in [9.17, 15) is 14.4 Å². The van der Waals surface area contributed by atoms with Gasteiger partial charge >= 0.3 is 11.9 Å². The Morgan fingerprint density at radius 2 is 1.53 bits per heavy atom. The highest BCUT2D eigenvalue weighted by Crippen LogP contribution is 2.62. The molecule has 0 unspecified atom stereocenters. The highest BCUT2D eigenvalue weighted by atomic mass is 16.6. The quantitative estimate of drug-likeness (QED) is 0.254. The van der Waals surface area contributed by atoms with E-state index in [1.807, 2.05) is 65.6 Å². The lowest BCUT2D eigenvalue weighted by atomic mass is 9.67. The molecule has 0 aromatic heterocycles. The lowest BCUT2D eigenvalue weighted by molar-refractivity contribution is -0.174. The fourth-order valence-electron chi connectivity index (χ4n) is 6.86. The molecule has 6 heteroatoms. The Morgan fingerprint density at radius 1 is 0.947 bits per heavy atom. The molecule has 1 saturated carbocycles. The van der Waals surface area contributed by atoms with Gasteiger partial charge in [-0.1, -0.05) is 78.7 Å². The summed E-state index contributed by atoms with van der Waals surface area (Å²) in [6.45, 7) is 5.21. The van der Waals surface area contributed by atoms with Gasteiger partial charge in [0.2, 0.25) is 5.91 Å². The number of likely N-dealkylation sites (tertiary alicyclic amines) is 1. The number of ether oxygens (including phenoxy) is 2. The number of allylic oxidation sites excluding steroid dienone is 1. The SMILES string of the molecule is CC[C@@]12CC[C@H](N3CCCC3=O)C(C)=C1CC(C(=O)OCc1ccccc1)(C(=O)OCc1ccccc1)C2. The third kappa shape index (κ3) is 4.77. The topological polar surface area (TPSA) is 72.9 Å². The molecule has 0 bridgehead atoms. The van der Waals surface area contributed by atoms with Crippen molar-refractivity contribution >= 4 is 17.8 Å². The molecule has 6 nitrogen and oxygen atoms in total. The smallest absolute Gasteiger partial charge is 0.324 e. The minimum absolute atomic E-state index is 0.0381. The minimum atomic E-state index is -1.40. The molecule has 2 aromatic rings. The van der Waals surface area contributed by atoms with E-state index in [0.717, 1.165) is 54.5 Å². The molecule has 0 spiro atoms. The van der Waals surface area contributed by atoms with Crippen LogP contribution in [-0.2, 0) is 37.1 Å². The van der Waals surface area contributed by atoms with Crippen molar-refractivity contribution in [2.75, 3.05) is 6.54 Å². The van der Waals surface area contributed by atoms with Crippen molar-refractivity contribution in [1.82, 2.24) is 4.90 Å². The van der Waals surface area contributed by atoms with E-state index in [1.54, 1.807) is 0 Å². The highest BCUT2D eigenvalue weighted by molar-refractivity contribution is 6.01. The molecule has 2 aliphatic carbocycles. The van der Waals surface area contributed by atoms with Crippen molar-refractivity contribution in [3.8, 4) is 0 Å². The number of hydrogen-bond donors (Lipinski definition) is 0. The molecule has 0 radical (unpaired) electrons. The molecule has 2 aromatic carbocycles. The maximum Gasteiger partial charge on any atom is 0.324 e. The number of rotatable bonds is 8. The molecule has 2 fully saturated rings. The second-order valence-corrected chi connectivity index (χ2v) is 11.1. The predicted octanol–water partition coefficient (Wildman–Crippen LogP) is 5.75. The van der Waals surface area contributed by atoms with Crippen LogP contribution >= 0.6 is 0 Å². The number of benzene rings is 2. The van der Waals surface area contributed by atoms with E-state index in [0.29, 0.717) is 12.8 Å².